The highest BCUT2D eigenvalue weighted by Crippen LogP contribution is 2.30. The minimum atomic E-state index is -1.19. The van der Waals surface area contributed by atoms with Gasteiger partial charge in [-0.05, 0) is 68.0 Å². The molecular formula is C25H28FN3O4. The Hall–Kier alpha value is -3.42. The van der Waals surface area contributed by atoms with Crippen molar-refractivity contribution in [2.75, 3.05) is 20.2 Å². The number of benzene rings is 2. The van der Waals surface area contributed by atoms with Crippen LogP contribution in [-0.4, -0.2) is 48.2 Å². The van der Waals surface area contributed by atoms with E-state index in [1.807, 2.05) is 17.0 Å². The first-order valence-corrected chi connectivity index (χ1v) is 11.1. The third kappa shape index (κ3) is 4.84. The van der Waals surface area contributed by atoms with E-state index in [-0.39, 0.29) is 18.1 Å². The number of oxime groups is 1. The minimum Gasteiger partial charge on any atom is -0.496 e. The molecule has 2 aromatic rings. The average Bonchev–Trinajstić information content (AvgIpc) is 3.24. The van der Waals surface area contributed by atoms with Gasteiger partial charge in [-0.15, -0.1) is 0 Å². The molecule has 174 valence electrons. The molecule has 1 atom stereocenters. The van der Waals surface area contributed by atoms with Crippen LogP contribution in [0.3, 0.4) is 0 Å². The molecule has 0 bridgehead atoms. The normalized spacial score (nSPS) is 20.8. The summed E-state index contributed by atoms with van der Waals surface area (Å²) in [6.45, 7) is 2.88. The first kappa shape index (κ1) is 22.8. The molecule has 2 heterocycles. The maximum atomic E-state index is 13.3. The van der Waals surface area contributed by atoms with Crippen molar-refractivity contribution in [3.8, 4) is 5.75 Å². The molecule has 2 aliphatic rings. The molecule has 2 N–H and O–H groups in total. The molecule has 1 fully saturated rings. The predicted molar refractivity (Wildman–Crippen MR) is 122 cm³/mol. The lowest BCUT2D eigenvalue weighted by molar-refractivity contribution is -0.138. The van der Waals surface area contributed by atoms with Crippen LogP contribution in [0.5, 0.6) is 5.75 Å². The average molecular weight is 454 g/mol. The second kappa shape index (κ2) is 9.21. The quantitative estimate of drug-likeness (QED) is 0.726. The molecule has 4 rings (SSSR count). The van der Waals surface area contributed by atoms with Crippen molar-refractivity contribution in [2.24, 2.45) is 16.8 Å². The highest BCUT2D eigenvalue weighted by atomic mass is 19.1. The summed E-state index contributed by atoms with van der Waals surface area (Å²) < 4.78 is 18.6. The minimum absolute atomic E-state index is 0.105. The lowest BCUT2D eigenvalue weighted by Gasteiger charge is -2.32. The number of carbonyl (C=O) groups is 2. The lowest BCUT2D eigenvalue weighted by atomic mass is 9.89. The Bertz CT molecular complexity index is 1080. The molecule has 2 aliphatic heterocycles. The van der Waals surface area contributed by atoms with Gasteiger partial charge in [0.05, 0.1) is 18.4 Å². The molecule has 2 amide bonds. The number of hydrogen-bond acceptors (Lipinski definition) is 5. The first-order valence-electron chi connectivity index (χ1n) is 11.1. The molecule has 33 heavy (non-hydrogen) atoms. The number of nitrogens with zero attached hydrogens (tertiary/aromatic N) is 2. The number of primary amides is 1. The summed E-state index contributed by atoms with van der Waals surface area (Å²) in [6, 6.07) is 11.9. The van der Waals surface area contributed by atoms with Gasteiger partial charge in [0.25, 0.3) is 11.8 Å². The number of nitrogens with two attached hydrogens (primary N) is 1. The van der Waals surface area contributed by atoms with Crippen molar-refractivity contribution < 1.29 is 23.6 Å². The second-order valence-electron chi connectivity index (χ2n) is 8.88. The molecule has 0 aliphatic carbocycles. The fourth-order valence-corrected chi connectivity index (χ4v) is 4.35. The van der Waals surface area contributed by atoms with Crippen LogP contribution < -0.4 is 10.5 Å². The van der Waals surface area contributed by atoms with E-state index in [2.05, 4.69) is 5.16 Å². The Kier molecular flexibility index (Phi) is 6.35. The molecule has 0 saturated carbocycles. The second-order valence-corrected chi connectivity index (χ2v) is 8.88. The van der Waals surface area contributed by atoms with E-state index in [9.17, 15) is 14.0 Å². The summed E-state index contributed by atoms with van der Waals surface area (Å²) in [5.41, 5.74) is 7.04. The van der Waals surface area contributed by atoms with Crippen LogP contribution >= 0.6 is 0 Å². The Labute approximate surface area is 192 Å². The fraction of sp³-hybridized carbons (Fsp3) is 0.400. The third-order valence-corrected chi connectivity index (χ3v) is 6.49. The van der Waals surface area contributed by atoms with Crippen LogP contribution in [0, 0.1) is 11.7 Å². The number of amides is 2. The van der Waals surface area contributed by atoms with E-state index in [1.54, 1.807) is 25.1 Å². The summed E-state index contributed by atoms with van der Waals surface area (Å²) in [6.07, 6.45) is 2.86. The zero-order valence-corrected chi connectivity index (χ0v) is 18.8. The van der Waals surface area contributed by atoms with Crippen LogP contribution in [0.1, 0.15) is 47.7 Å². The Balaban J connectivity index is 1.44. The standard InChI is InChI=1S/C25H28FN3O4/c1-25(24(27)31)15-21(28-33-25)18-5-8-22(32-2)20(14-18)23(30)29-11-9-17(10-12-29)13-16-3-6-19(26)7-4-16/h3-8,14,17H,9-13,15H2,1-2H3,(H2,27,31). The summed E-state index contributed by atoms with van der Waals surface area (Å²) >= 11 is 0. The zero-order valence-electron chi connectivity index (χ0n) is 18.8. The number of ether oxygens (including phenoxy) is 1. The highest BCUT2D eigenvalue weighted by molar-refractivity contribution is 6.07. The Morgan fingerprint density at radius 3 is 2.52 bits per heavy atom. The van der Waals surface area contributed by atoms with Gasteiger partial charge in [-0.2, -0.15) is 0 Å². The third-order valence-electron chi connectivity index (χ3n) is 6.49. The number of likely N-dealkylation sites (tertiary alicyclic amines) is 1. The smallest absolute Gasteiger partial charge is 0.264 e. The molecule has 2 aromatic carbocycles. The molecule has 7 nitrogen and oxygen atoms in total. The topological polar surface area (TPSA) is 94.2 Å². The monoisotopic (exact) mass is 453 g/mol. The fourth-order valence-electron chi connectivity index (χ4n) is 4.35. The van der Waals surface area contributed by atoms with Gasteiger partial charge in [-0.3, -0.25) is 9.59 Å². The summed E-state index contributed by atoms with van der Waals surface area (Å²) in [4.78, 5) is 32.1. The van der Waals surface area contributed by atoms with E-state index in [0.29, 0.717) is 41.6 Å². The van der Waals surface area contributed by atoms with Crippen molar-refractivity contribution in [3.05, 3.63) is 65.0 Å². The molecule has 0 radical (unpaired) electrons. The maximum absolute atomic E-state index is 13.3. The molecule has 1 saturated heterocycles. The van der Waals surface area contributed by atoms with E-state index < -0.39 is 11.5 Å². The van der Waals surface area contributed by atoms with Crippen molar-refractivity contribution in [1.29, 1.82) is 0 Å². The van der Waals surface area contributed by atoms with Crippen molar-refractivity contribution >= 4 is 17.5 Å². The van der Waals surface area contributed by atoms with Gasteiger partial charge in [0.15, 0.2) is 0 Å². The predicted octanol–water partition coefficient (Wildman–Crippen LogP) is 3.30. The van der Waals surface area contributed by atoms with Crippen LogP contribution in [0.15, 0.2) is 47.6 Å². The number of methoxy groups -OCH3 is 1. The summed E-state index contributed by atoms with van der Waals surface area (Å²) in [5, 5.41) is 4.03. The van der Waals surface area contributed by atoms with Crippen LogP contribution in [0.2, 0.25) is 0 Å². The number of rotatable bonds is 6. The van der Waals surface area contributed by atoms with Crippen LogP contribution in [0.25, 0.3) is 0 Å². The van der Waals surface area contributed by atoms with E-state index >= 15 is 0 Å². The number of piperidine rings is 1. The molecular weight excluding hydrogens is 425 g/mol. The van der Waals surface area contributed by atoms with Crippen LogP contribution in [0.4, 0.5) is 4.39 Å². The lowest BCUT2D eigenvalue weighted by Crippen LogP contribution is -2.41. The van der Waals surface area contributed by atoms with Gasteiger partial charge in [-0.1, -0.05) is 17.3 Å². The molecule has 8 heteroatoms. The molecule has 1 unspecified atom stereocenters. The highest BCUT2D eigenvalue weighted by Gasteiger charge is 2.40. The SMILES string of the molecule is COc1ccc(C2=NOC(C)(C(N)=O)C2)cc1C(=O)N1CCC(Cc2ccc(F)cc2)CC1. The van der Waals surface area contributed by atoms with E-state index in [1.165, 1.54) is 19.2 Å². The van der Waals surface area contributed by atoms with Gasteiger partial charge in [0.2, 0.25) is 5.60 Å². The zero-order chi connectivity index (χ0) is 23.6. The van der Waals surface area contributed by atoms with Gasteiger partial charge in [0, 0.05) is 25.1 Å². The van der Waals surface area contributed by atoms with Gasteiger partial charge >= 0.3 is 0 Å². The van der Waals surface area contributed by atoms with Crippen molar-refractivity contribution in [3.63, 3.8) is 0 Å². The van der Waals surface area contributed by atoms with Gasteiger partial charge < -0.3 is 20.2 Å². The summed E-state index contributed by atoms with van der Waals surface area (Å²) in [5.74, 6) is 0.00369. The van der Waals surface area contributed by atoms with Crippen LogP contribution in [-0.2, 0) is 16.1 Å². The Morgan fingerprint density at radius 2 is 1.91 bits per heavy atom. The van der Waals surface area contributed by atoms with E-state index in [0.717, 1.165) is 24.8 Å². The summed E-state index contributed by atoms with van der Waals surface area (Å²) in [7, 11) is 1.53. The Morgan fingerprint density at radius 1 is 1.21 bits per heavy atom. The number of carbonyl (C=O) groups excluding carboxylic acids is 2. The first-order chi connectivity index (χ1) is 15.8. The number of halogens is 1. The van der Waals surface area contributed by atoms with Crippen molar-refractivity contribution in [1.82, 2.24) is 4.90 Å². The largest absolute Gasteiger partial charge is 0.496 e. The van der Waals surface area contributed by atoms with Gasteiger partial charge in [0.1, 0.15) is 11.6 Å². The van der Waals surface area contributed by atoms with E-state index in [4.69, 9.17) is 15.3 Å². The van der Waals surface area contributed by atoms with Gasteiger partial charge in [-0.25, -0.2) is 4.39 Å². The van der Waals surface area contributed by atoms with Crippen molar-refractivity contribution in [2.45, 2.75) is 38.2 Å². The molecule has 0 spiro atoms. The molecule has 0 aromatic heterocycles. The number of hydrogen-bond donors (Lipinski definition) is 1. The maximum Gasteiger partial charge on any atom is 0.264 e.